The van der Waals surface area contributed by atoms with Gasteiger partial charge in [0.25, 0.3) is 0 Å². The van der Waals surface area contributed by atoms with Crippen LogP contribution in [0.15, 0.2) is 6.33 Å². The Bertz CT molecular complexity index is 636. The summed E-state index contributed by atoms with van der Waals surface area (Å²) in [5.74, 6) is -0.00292. The number of nitrogens with one attached hydrogen (secondary N) is 2. The van der Waals surface area contributed by atoms with Gasteiger partial charge in [-0.2, -0.15) is 0 Å². The van der Waals surface area contributed by atoms with Crippen LogP contribution in [0.2, 0.25) is 0 Å². The first-order valence-electron chi connectivity index (χ1n) is 8.78. The first-order chi connectivity index (χ1) is 12.6. The number of aromatic nitrogens is 4. The molecule has 3 amide bonds. The number of ether oxygens (including phenoxy) is 1. The van der Waals surface area contributed by atoms with Gasteiger partial charge in [0.1, 0.15) is 26.0 Å². The third-order valence-electron chi connectivity index (χ3n) is 4.61. The molecule has 1 aromatic rings. The predicted molar refractivity (Wildman–Crippen MR) is 87.6 cm³/mol. The average Bonchev–Trinajstić information content (AvgIpc) is 3.26. The van der Waals surface area contributed by atoms with Crippen LogP contribution < -0.4 is 10.6 Å². The van der Waals surface area contributed by atoms with Gasteiger partial charge in [-0.15, -0.1) is 5.10 Å². The van der Waals surface area contributed by atoms with Gasteiger partial charge in [-0.3, -0.25) is 14.5 Å². The Kier molecular flexibility index (Phi) is 5.97. The van der Waals surface area contributed by atoms with Gasteiger partial charge in [0.2, 0.25) is 11.8 Å². The Morgan fingerprint density at radius 3 is 2.88 bits per heavy atom. The highest BCUT2D eigenvalue weighted by molar-refractivity contribution is 5.83. The molecule has 0 bridgehead atoms. The number of cyclic esters (lactones) is 1. The predicted octanol–water partition coefficient (Wildman–Crippen LogP) is -1.08. The van der Waals surface area contributed by atoms with E-state index < -0.39 is 6.09 Å². The molecule has 0 radical (unpaired) electrons. The number of rotatable bonds is 7. The Balaban J connectivity index is 1.37. The molecule has 1 saturated heterocycles. The van der Waals surface area contributed by atoms with Crippen molar-refractivity contribution < 1.29 is 19.1 Å². The molecule has 11 nitrogen and oxygen atoms in total. The maximum atomic E-state index is 12.1. The fourth-order valence-corrected chi connectivity index (χ4v) is 3.34. The van der Waals surface area contributed by atoms with E-state index in [4.69, 9.17) is 4.74 Å². The van der Waals surface area contributed by atoms with Crippen molar-refractivity contribution in [3.8, 4) is 0 Å². The molecule has 2 atom stereocenters. The lowest BCUT2D eigenvalue weighted by atomic mass is 9.85. The molecule has 1 aliphatic carbocycles. The molecule has 3 rings (SSSR count). The molecule has 2 aliphatic rings. The lowest BCUT2D eigenvalue weighted by Gasteiger charge is -2.30. The van der Waals surface area contributed by atoms with E-state index in [1.165, 1.54) is 15.9 Å². The number of hydrogen-bond acceptors (Lipinski definition) is 7. The van der Waals surface area contributed by atoms with Crippen molar-refractivity contribution in [2.45, 2.75) is 38.3 Å². The molecule has 142 valence electrons. The van der Waals surface area contributed by atoms with Crippen LogP contribution in [0, 0.1) is 5.92 Å². The quantitative estimate of drug-likeness (QED) is 0.628. The standard InChI is InChI=1S/C15H23N7O4/c23-13(9-22-10-17-19-20-22)16-7-11-2-1-3-12(6-11)18-14(24)8-21-4-5-26-15(21)25/h10-12H,1-9H2,(H,16,23)(H,18,24)/t11-,12+/m1/s1. The minimum Gasteiger partial charge on any atom is -0.448 e. The van der Waals surface area contributed by atoms with E-state index in [0.29, 0.717) is 25.6 Å². The molecule has 1 saturated carbocycles. The van der Waals surface area contributed by atoms with Crippen molar-refractivity contribution in [1.29, 1.82) is 0 Å². The maximum absolute atomic E-state index is 12.1. The zero-order valence-electron chi connectivity index (χ0n) is 14.5. The van der Waals surface area contributed by atoms with E-state index in [-0.39, 0.29) is 30.9 Å². The van der Waals surface area contributed by atoms with E-state index in [9.17, 15) is 14.4 Å². The summed E-state index contributed by atoms with van der Waals surface area (Å²) in [5, 5.41) is 16.5. The minimum absolute atomic E-state index is 0.0304. The van der Waals surface area contributed by atoms with E-state index in [1.54, 1.807) is 0 Å². The minimum atomic E-state index is -0.438. The smallest absolute Gasteiger partial charge is 0.410 e. The second-order valence-electron chi connectivity index (χ2n) is 6.64. The third kappa shape index (κ3) is 5.14. The van der Waals surface area contributed by atoms with Gasteiger partial charge in [-0.1, -0.05) is 6.42 Å². The van der Waals surface area contributed by atoms with Gasteiger partial charge < -0.3 is 15.4 Å². The molecule has 1 aliphatic heterocycles. The summed E-state index contributed by atoms with van der Waals surface area (Å²) in [5.41, 5.74) is 0. The summed E-state index contributed by atoms with van der Waals surface area (Å²) >= 11 is 0. The van der Waals surface area contributed by atoms with Crippen LogP contribution >= 0.6 is 0 Å². The van der Waals surface area contributed by atoms with Crippen molar-refractivity contribution in [3.05, 3.63) is 6.33 Å². The summed E-state index contributed by atoms with van der Waals surface area (Å²) < 4.78 is 6.18. The fourth-order valence-electron chi connectivity index (χ4n) is 3.34. The summed E-state index contributed by atoms with van der Waals surface area (Å²) in [6, 6.07) is 0.0660. The second-order valence-corrected chi connectivity index (χ2v) is 6.64. The van der Waals surface area contributed by atoms with Gasteiger partial charge in [0, 0.05) is 12.6 Å². The highest BCUT2D eigenvalue weighted by atomic mass is 16.6. The zero-order chi connectivity index (χ0) is 18.4. The number of carbonyl (C=O) groups excluding carboxylic acids is 3. The highest BCUT2D eigenvalue weighted by Gasteiger charge is 2.27. The number of amides is 3. The van der Waals surface area contributed by atoms with Crippen LogP contribution in [0.5, 0.6) is 0 Å². The van der Waals surface area contributed by atoms with Gasteiger partial charge in [-0.05, 0) is 35.6 Å². The van der Waals surface area contributed by atoms with Crippen LogP contribution in [0.25, 0.3) is 0 Å². The van der Waals surface area contributed by atoms with Crippen molar-refractivity contribution in [1.82, 2.24) is 35.7 Å². The summed E-state index contributed by atoms with van der Waals surface area (Å²) in [7, 11) is 0. The monoisotopic (exact) mass is 365 g/mol. The molecule has 11 heteroatoms. The summed E-state index contributed by atoms with van der Waals surface area (Å²) in [6.07, 6.45) is 4.67. The molecule has 2 heterocycles. The topological polar surface area (TPSA) is 131 Å². The number of hydrogen-bond donors (Lipinski definition) is 2. The SMILES string of the molecule is O=C(Cn1cnnn1)NC[C@@H]1CCC[C@H](NC(=O)CN2CCOC2=O)C1. The lowest BCUT2D eigenvalue weighted by molar-refractivity contribution is -0.123. The Labute approximate surface area is 150 Å². The van der Waals surface area contributed by atoms with Crippen LogP contribution in [-0.2, 0) is 20.9 Å². The fraction of sp³-hybridized carbons (Fsp3) is 0.733. The summed E-state index contributed by atoms with van der Waals surface area (Å²) in [4.78, 5) is 36.8. The Hall–Kier alpha value is -2.72. The summed E-state index contributed by atoms with van der Waals surface area (Å²) in [6.45, 7) is 1.47. The molecule has 1 aromatic heterocycles. The van der Waals surface area contributed by atoms with Crippen molar-refractivity contribution in [2.24, 2.45) is 5.92 Å². The molecule has 26 heavy (non-hydrogen) atoms. The molecule has 0 spiro atoms. The van der Waals surface area contributed by atoms with Gasteiger partial charge >= 0.3 is 6.09 Å². The largest absolute Gasteiger partial charge is 0.448 e. The van der Waals surface area contributed by atoms with E-state index >= 15 is 0 Å². The second kappa shape index (κ2) is 8.59. The van der Waals surface area contributed by atoms with Crippen LogP contribution in [0.4, 0.5) is 4.79 Å². The van der Waals surface area contributed by atoms with E-state index in [0.717, 1.165) is 25.7 Å². The van der Waals surface area contributed by atoms with Crippen LogP contribution in [-0.4, -0.2) is 75.3 Å². The van der Waals surface area contributed by atoms with Crippen molar-refractivity contribution >= 4 is 17.9 Å². The lowest BCUT2D eigenvalue weighted by Crippen LogP contribution is -2.45. The third-order valence-corrected chi connectivity index (χ3v) is 4.61. The Morgan fingerprint density at radius 1 is 1.27 bits per heavy atom. The first-order valence-corrected chi connectivity index (χ1v) is 8.78. The average molecular weight is 365 g/mol. The molecular formula is C15H23N7O4. The normalized spacial score (nSPS) is 22.8. The van der Waals surface area contributed by atoms with Crippen molar-refractivity contribution in [3.63, 3.8) is 0 Å². The van der Waals surface area contributed by atoms with Crippen LogP contribution in [0.3, 0.4) is 0 Å². The Morgan fingerprint density at radius 2 is 2.15 bits per heavy atom. The van der Waals surface area contributed by atoms with Crippen LogP contribution in [0.1, 0.15) is 25.7 Å². The van der Waals surface area contributed by atoms with Gasteiger partial charge in [0.05, 0.1) is 6.54 Å². The highest BCUT2D eigenvalue weighted by Crippen LogP contribution is 2.23. The molecule has 0 aromatic carbocycles. The number of tetrazole rings is 1. The molecule has 2 fully saturated rings. The first kappa shape index (κ1) is 18.1. The molecule has 2 N–H and O–H groups in total. The van der Waals surface area contributed by atoms with Gasteiger partial charge in [0.15, 0.2) is 0 Å². The van der Waals surface area contributed by atoms with Crippen molar-refractivity contribution in [2.75, 3.05) is 26.2 Å². The molecular weight excluding hydrogens is 342 g/mol. The number of carbonyl (C=O) groups is 3. The maximum Gasteiger partial charge on any atom is 0.410 e. The van der Waals surface area contributed by atoms with Gasteiger partial charge in [-0.25, -0.2) is 9.48 Å². The number of nitrogens with zero attached hydrogens (tertiary/aromatic N) is 5. The zero-order valence-corrected chi connectivity index (χ0v) is 14.5. The molecule has 0 unspecified atom stereocenters. The van der Waals surface area contributed by atoms with E-state index in [1.807, 2.05) is 0 Å². The van der Waals surface area contributed by atoms with E-state index in [2.05, 4.69) is 26.2 Å².